The lowest BCUT2D eigenvalue weighted by Gasteiger charge is -2.26. The van der Waals surface area contributed by atoms with Crippen LogP contribution in [0.5, 0.6) is 0 Å². The average Bonchev–Trinajstić information content (AvgIpc) is 3.32. The molecule has 0 saturated carbocycles. The highest BCUT2D eigenvalue weighted by Gasteiger charge is 2.20. The Balaban J connectivity index is 1.51. The summed E-state index contributed by atoms with van der Waals surface area (Å²) < 4.78 is 12.3. The number of aliphatic hydroxyl groups is 1. The molecule has 136 valence electrons. The minimum Gasteiger partial charge on any atom is -0.379 e. The second kappa shape index (κ2) is 7.36. The Hall–Kier alpha value is -2.55. The van der Waals surface area contributed by atoms with Crippen LogP contribution in [0.2, 0.25) is 0 Å². The van der Waals surface area contributed by atoms with E-state index in [1.807, 2.05) is 12.1 Å². The molecule has 0 spiro atoms. The van der Waals surface area contributed by atoms with Crippen LogP contribution in [0.3, 0.4) is 0 Å². The maximum atomic E-state index is 10.4. The van der Waals surface area contributed by atoms with Crippen molar-refractivity contribution >= 4 is 0 Å². The first-order chi connectivity index (χ1) is 12.7. The molecule has 4 rings (SSSR count). The van der Waals surface area contributed by atoms with Gasteiger partial charge in [-0.25, -0.2) is 0 Å². The van der Waals surface area contributed by atoms with Gasteiger partial charge in [0.1, 0.15) is 0 Å². The maximum absolute atomic E-state index is 10.4. The Kier molecular flexibility index (Phi) is 4.79. The molecule has 3 heterocycles. The lowest BCUT2D eigenvalue weighted by atomic mass is 10.1. The zero-order chi connectivity index (χ0) is 17.9. The standard InChI is InChI=1S/C18H21N5O3/c1-22-12-15(10-19-22)16(24)18-20-17(21-26-18)14-4-2-3-13(9-14)11-23-5-7-25-8-6-23/h2-4,9-10,12,16,24H,5-8,11H2,1H3. The summed E-state index contributed by atoms with van der Waals surface area (Å²) in [5.41, 5.74) is 2.66. The molecular weight excluding hydrogens is 334 g/mol. The first-order valence-electron chi connectivity index (χ1n) is 8.58. The van der Waals surface area contributed by atoms with Crippen LogP contribution in [-0.2, 0) is 18.3 Å². The Morgan fingerprint density at radius 2 is 2.12 bits per heavy atom. The van der Waals surface area contributed by atoms with Gasteiger partial charge in [0.15, 0.2) is 6.10 Å². The average molecular weight is 355 g/mol. The largest absolute Gasteiger partial charge is 0.379 e. The predicted octanol–water partition coefficient (Wildman–Crippen LogP) is 1.38. The van der Waals surface area contributed by atoms with Crippen molar-refractivity contribution in [1.29, 1.82) is 0 Å². The van der Waals surface area contributed by atoms with Crippen LogP contribution >= 0.6 is 0 Å². The second-order valence-electron chi connectivity index (χ2n) is 6.39. The number of aliphatic hydroxyl groups excluding tert-OH is 1. The van der Waals surface area contributed by atoms with Gasteiger partial charge in [0.05, 0.1) is 19.4 Å². The van der Waals surface area contributed by atoms with Crippen molar-refractivity contribution < 1.29 is 14.4 Å². The first-order valence-corrected chi connectivity index (χ1v) is 8.58. The minimum atomic E-state index is -0.985. The second-order valence-corrected chi connectivity index (χ2v) is 6.39. The van der Waals surface area contributed by atoms with Gasteiger partial charge in [-0.3, -0.25) is 9.58 Å². The van der Waals surface area contributed by atoms with Crippen molar-refractivity contribution in [3.63, 3.8) is 0 Å². The van der Waals surface area contributed by atoms with Crippen molar-refractivity contribution in [3.8, 4) is 11.4 Å². The van der Waals surface area contributed by atoms with E-state index in [2.05, 4.69) is 32.3 Å². The van der Waals surface area contributed by atoms with Crippen LogP contribution in [0.4, 0.5) is 0 Å². The molecule has 1 aliphatic rings. The molecule has 1 saturated heterocycles. The molecule has 1 aromatic carbocycles. The minimum absolute atomic E-state index is 0.159. The number of nitrogens with zero attached hydrogens (tertiary/aromatic N) is 5. The van der Waals surface area contributed by atoms with Crippen LogP contribution in [-0.4, -0.2) is 56.2 Å². The SMILES string of the molecule is Cn1cc(C(O)c2nc(-c3cccc(CN4CCOCC4)c3)no2)cn1. The molecule has 3 aromatic rings. The van der Waals surface area contributed by atoms with Gasteiger partial charge in [0, 0.05) is 44.0 Å². The summed E-state index contributed by atoms with van der Waals surface area (Å²) in [5, 5.41) is 18.4. The van der Waals surface area contributed by atoms with Crippen LogP contribution in [0.25, 0.3) is 11.4 Å². The number of aromatic nitrogens is 4. The molecule has 26 heavy (non-hydrogen) atoms. The Morgan fingerprint density at radius 1 is 1.27 bits per heavy atom. The lowest BCUT2D eigenvalue weighted by molar-refractivity contribution is 0.0342. The molecular formula is C18H21N5O3. The van der Waals surface area contributed by atoms with E-state index < -0.39 is 6.10 Å². The van der Waals surface area contributed by atoms with Crippen molar-refractivity contribution in [2.24, 2.45) is 7.05 Å². The number of ether oxygens (including phenoxy) is 1. The van der Waals surface area contributed by atoms with Gasteiger partial charge in [-0.2, -0.15) is 10.1 Å². The van der Waals surface area contributed by atoms with Gasteiger partial charge in [-0.1, -0.05) is 23.4 Å². The van der Waals surface area contributed by atoms with Gasteiger partial charge in [-0.05, 0) is 11.6 Å². The zero-order valence-electron chi connectivity index (χ0n) is 14.6. The van der Waals surface area contributed by atoms with E-state index in [1.54, 1.807) is 24.1 Å². The van der Waals surface area contributed by atoms with Crippen molar-refractivity contribution in [2.45, 2.75) is 12.6 Å². The van der Waals surface area contributed by atoms with Crippen LogP contribution < -0.4 is 0 Å². The fourth-order valence-corrected chi connectivity index (χ4v) is 3.01. The molecule has 1 unspecified atom stereocenters. The van der Waals surface area contributed by atoms with Crippen molar-refractivity contribution in [1.82, 2.24) is 24.8 Å². The summed E-state index contributed by atoms with van der Waals surface area (Å²) in [7, 11) is 1.79. The molecule has 1 fully saturated rings. The number of rotatable bonds is 5. The van der Waals surface area contributed by atoms with E-state index in [9.17, 15) is 5.11 Å². The number of benzene rings is 1. The van der Waals surface area contributed by atoms with Crippen LogP contribution in [0, 0.1) is 0 Å². The Bertz CT molecular complexity index is 869. The molecule has 0 bridgehead atoms. The molecule has 2 aromatic heterocycles. The number of morpholine rings is 1. The lowest BCUT2D eigenvalue weighted by Crippen LogP contribution is -2.35. The van der Waals surface area contributed by atoms with E-state index in [0.717, 1.165) is 38.4 Å². The Morgan fingerprint density at radius 3 is 2.88 bits per heavy atom. The van der Waals surface area contributed by atoms with Gasteiger partial charge in [0.2, 0.25) is 5.82 Å². The highest BCUT2D eigenvalue weighted by atomic mass is 16.5. The maximum Gasteiger partial charge on any atom is 0.260 e. The molecule has 0 aliphatic carbocycles. The zero-order valence-corrected chi connectivity index (χ0v) is 14.6. The van der Waals surface area contributed by atoms with E-state index in [0.29, 0.717) is 11.4 Å². The number of hydrogen-bond donors (Lipinski definition) is 1. The summed E-state index contributed by atoms with van der Waals surface area (Å²) in [4.78, 5) is 6.71. The third-order valence-corrected chi connectivity index (χ3v) is 4.41. The normalized spacial score (nSPS) is 16.7. The number of hydrogen-bond acceptors (Lipinski definition) is 7. The Labute approximate surface area is 151 Å². The predicted molar refractivity (Wildman–Crippen MR) is 93.1 cm³/mol. The molecule has 1 atom stereocenters. The van der Waals surface area contributed by atoms with Gasteiger partial charge < -0.3 is 14.4 Å². The topological polar surface area (TPSA) is 89.4 Å². The summed E-state index contributed by atoms with van der Waals surface area (Å²) in [5.74, 6) is 0.623. The van der Waals surface area contributed by atoms with Gasteiger partial charge in [0.25, 0.3) is 5.89 Å². The van der Waals surface area contributed by atoms with E-state index in [4.69, 9.17) is 9.26 Å². The highest BCUT2D eigenvalue weighted by Crippen LogP contribution is 2.24. The van der Waals surface area contributed by atoms with E-state index in [-0.39, 0.29) is 5.89 Å². The van der Waals surface area contributed by atoms with Gasteiger partial charge >= 0.3 is 0 Å². The van der Waals surface area contributed by atoms with Gasteiger partial charge in [-0.15, -0.1) is 0 Å². The van der Waals surface area contributed by atoms with E-state index >= 15 is 0 Å². The summed E-state index contributed by atoms with van der Waals surface area (Å²) in [6.45, 7) is 4.29. The van der Waals surface area contributed by atoms with Crippen LogP contribution in [0.15, 0.2) is 41.2 Å². The first kappa shape index (κ1) is 16.9. The molecule has 1 N–H and O–H groups in total. The molecule has 8 nitrogen and oxygen atoms in total. The third-order valence-electron chi connectivity index (χ3n) is 4.41. The monoisotopic (exact) mass is 355 g/mol. The fourth-order valence-electron chi connectivity index (χ4n) is 3.01. The smallest absolute Gasteiger partial charge is 0.260 e. The third kappa shape index (κ3) is 3.67. The van der Waals surface area contributed by atoms with Crippen LogP contribution in [0.1, 0.15) is 23.1 Å². The molecule has 0 radical (unpaired) electrons. The van der Waals surface area contributed by atoms with Crippen molar-refractivity contribution in [3.05, 3.63) is 53.7 Å². The van der Waals surface area contributed by atoms with E-state index in [1.165, 1.54) is 5.56 Å². The highest BCUT2D eigenvalue weighted by molar-refractivity contribution is 5.55. The van der Waals surface area contributed by atoms with Crippen molar-refractivity contribution in [2.75, 3.05) is 26.3 Å². The molecule has 0 amide bonds. The molecule has 8 heteroatoms. The molecule has 1 aliphatic heterocycles. The number of aryl methyl sites for hydroxylation is 1. The fraction of sp³-hybridized carbons (Fsp3) is 0.389. The quantitative estimate of drug-likeness (QED) is 0.739. The summed E-state index contributed by atoms with van der Waals surface area (Å²) >= 11 is 0. The summed E-state index contributed by atoms with van der Waals surface area (Å²) in [6, 6.07) is 8.07. The summed E-state index contributed by atoms with van der Waals surface area (Å²) in [6.07, 6.45) is 2.32.